The van der Waals surface area contributed by atoms with E-state index in [1.165, 1.54) is 0 Å². The summed E-state index contributed by atoms with van der Waals surface area (Å²) in [6, 6.07) is 0.198. The van der Waals surface area contributed by atoms with Crippen LogP contribution < -0.4 is 0 Å². The van der Waals surface area contributed by atoms with E-state index >= 15 is 0 Å². The van der Waals surface area contributed by atoms with Gasteiger partial charge < -0.3 is 10.2 Å². The predicted octanol–water partition coefficient (Wildman–Crippen LogP) is 0.308. The van der Waals surface area contributed by atoms with Crippen LogP contribution in [0.2, 0.25) is 0 Å². The minimum Gasteiger partial charge on any atom is -0.481 e. The van der Waals surface area contributed by atoms with E-state index in [2.05, 4.69) is 4.90 Å². The van der Waals surface area contributed by atoms with Gasteiger partial charge in [0, 0.05) is 19.2 Å². The Hall–Kier alpha value is -0.610. The van der Waals surface area contributed by atoms with Crippen molar-refractivity contribution in [2.45, 2.75) is 31.7 Å². The summed E-state index contributed by atoms with van der Waals surface area (Å²) in [5.74, 6) is -0.721. The summed E-state index contributed by atoms with van der Waals surface area (Å²) >= 11 is 0. The van der Waals surface area contributed by atoms with Gasteiger partial charge in [-0.1, -0.05) is 0 Å². The Morgan fingerprint density at radius 1 is 1.54 bits per heavy atom. The fraction of sp³-hybridized carbons (Fsp3) is 0.889. The molecule has 4 nitrogen and oxygen atoms in total. The summed E-state index contributed by atoms with van der Waals surface area (Å²) in [5, 5.41) is 17.3. The second-order valence-corrected chi connectivity index (χ2v) is 3.51. The van der Waals surface area contributed by atoms with Crippen molar-refractivity contribution in [3.63, 3.8) is 0 Å². The molecule has 1 fully saturated rings. The van der Waals surface area contributed by atoms with Crippen molar-refractivity contribution in [2.75, 3.05) is 19.7 Å². The first-order chi connectivity index (χ1) is 6.24. The fourth-order valence-corrected chi connectivity index (χ4v) is 1.90. The molecule has 1 aliphatic heterocycles. The molecular weight excluding hydrogens is 170 g/mol. The molecule has 2 N–H and O–H groups in total. The van der Waals surface area contributed by atoms with Gasteiger partial charge in [0.05, 0.1) is 6.42 Å². The van der Waals surface area contributed by atoms with Crippen LogP contribution in [-0.2, 0) is 4.79 Å². The molecule has 0 aromatic heterocycles. The van der Waals surface area contributed by atoms with Gasteiger partial charge in [0.15, 0.2) is 0 Å². The zero-order valence-corrected chi connectivity index (χ0v) is 7.78. The number of likely N-dealkylation sites (tertiary alicyclic amines) is 1. The molecule has 1 unspecified atom stereocenters. The molecule has 0 bridgehead atoms. The van der Waals surface area contributed by atoms with Crippen molar-refractivity contribution in [3.8, 4) is 0 Å². The first-order valence-corrected chi connectivity index (χ1v) is 4.80. The quantitative estimate of drug-likeness (QED) is 0.650. The number of carbonyl (C=O) groups is 1. The maximum Gasteiger partial charge on any atom is 0.304 e. The highest BCUT2D eigenvalue weighted by Gasteiger charge is 2.25. The van der Waals surface area contributed by atoms with Gasteiger partial charge in [-0.15, -0.1) is 0 Å². The topological polar surface area (TPSA) is 60.8 Å². The molecule has 0 radical (unpaired) electrons. The van der Waals surface area contributed by atoms with Crippen LogP contribution >= 0.6 is 0 Å². The van der Waals surface area contributed by atoms with Crippen LogP contribution in [0.4, 0.5) is 0 Å². The second-order valence-electron chi connectivity index (χ2n) is 3.51. The summed E-state index contributed by atoms with van der Waals surface area (Å²) in [4.78, 5) is 12.7. The van der Waals surface area contributed by atoms with Gasteiger partial charge in [0.25, 0.3) is 0 Å². The van der Waals surface area contributed by atoms with Crippen molar-refractivity contribution in [2.24, 2.45) is 0 Å². The number of hydrogen-bond acceptors (Lipinski definition) is 3. The van der Waals surface area contributed by atoms with Crippen LogP contribution in [0.1, 0.15) is 25.7 Å². The van der Waals surface area contributed by atoms with Gasteiger partial charge in [-0.2, -0.15) is 0 Å². The third-order valence-electron chi connectivity index (χ3n) is 2.51. The molecular formula is C9H17NO3. The van der Waals surface area contributed by atoms with Crippen molar-refractivity contribution in [1.29, 1.82) is 0 Å². The van der Waals surface area contributed by atoms with Gasteiger partial charge in [0.1, 0.15) is 0 Å². The number of nitrogens with zero attached hydrogens (tertiary/aromatic N) is 1. The molecule has 13 heavy (non-hydrogen) atoms. The summed E-state index contributed by atoms with van der Waals surface area (Å²) in [6.45, 7) is 2.00. The molecule has 1 saturated heterocycles. The zero-order valence-electron chi connectivity index (χ0n) is 7.78. The molecule has 0 aromatic carbocycles. The van der Waals surface area contributed by atoms with Crippen LogP contribution in [0.25, 0.3) is 0 Å². The standard InChI is InChI=1S/C9H17NO3/c11-6-2-5-10-4-1-3-8(10)7-9(12)13/h8,11H,1-7H2,(H,12,13). The van der Waals surface area contributed by atoms with Crippen LogP contribution in [0.3, 0.4) is 0 Å². The van der Waals surface area contributed by atoms with Crippen molar-refractivity contribution >= 4 is 5.97 Å². The Morgan fingerprint density at radius 3 is 2.92 bits per heavy atom. The number of rotatable bonds is 5. The first kappa shape index (κ1) is 10.5. The third kappa shape index (κ3) is 3.32. The molecule has 0 aromatic rings. The van der Waals surface area contributed by atoms with Crippen molar-refractivity contribution < 1.29 is 15.0 Å². The molecule has 1 atom stereocenters. The van der Waals surface area contributed by atoms with E-state index in [0.29, 0.717) is 0 Å². The van der Waals surface area contributed by atoms with E-state index in [-0.39, 0.29) is 19.1 Å². The summed E-state index contributed by atoms with van der Waals surface area (Å²) in [6.07, 6.45) is 3.06. The Bertz CT molecular complexity index is 172. The largest absolute Gasteiger partial charge is 0.481 e. The fourth-order valence-electron chi connectivity index (χ4n) is 1.90. The molecule has 76 valence electrons. The first-order valence-electron chi connectivity index (χ1n) is 4.80. The molecule has 1 heterocycles. The number of carboxylic acid groups (broad SMARTS) is 1. The van der Waals surface area contributed by atoms with E-state index in [1.54, 1.807) is 0 Å². The molecule has 1 rings (SSSR count). The monoisotopic (exact) mass is 187 g/mol. The SMILES string of the molecule is O=C(O)CC1CCCN1CCCO. The van der Waals surface area contributed by atoms with E-state index in [0.717, 1.165) is 32.4 Å². The van der Waals surface area contributed by atoms with Gasteiger partial charge in [-0.05, 0) is 25.8 Å². The number of hydrogen-bond donors (Lipinski definition) is 2. The molecule has 4 heteroatoms. The lowest BCUT2D eigenvalue weighted by atomic mass is 10.1. The highest BCUT2D eigenvalue weighted by molar-refractivity contribution is 5.67. The minimum atomic E-state index is -0.721. The Kier molecular flexibility index (Phi) is 4.18. The Balaban J connectivity index is 2.30. The summed E-state index contributed by atoms with van der Waals surface area (Å²) < 4.78 is 0. The average molecular weight is 187 g/mol. The molecule has 0 aliphatic carbocycles. The third-order valence-corrected chi connectivity index (χ3v) is 2.51. The van der Waals surface area contributed by atoms with E-state index in [4.69, 9.17) is 10.2 Å². The lowest BCUT2D eigenvalue weighted by Crippen LogP contribution is -2.32. The highest BCUT2D eigenvalue weighted by atomic mass is 16.4. The van der Waals surface area contributed by atoms with Gasteiger partial charge in [-0.25, -0.2) is 0 Å². The summed E-state index contributed by atoms with van der Waals surface area (Å²) in [5.41, 5.74) is 0. The molecule has 0 amide bonds. The van der Waals surface area contributed by atoms with Crippen LogP contribution in [-0.4, -0.2) is 46.8 Å². The highest BCUT2D eigenvalue weighted by Crippen LogP contribution is 2.19. The maximum absolute atomic E-state index is 10.5. The van der Waals surface area contributed by atoms with Crippen LogP contribution in [0, 0.1) is 0 Å². The molecule has 1 aliphatic rings. The second kappa shape index (κ2) is 5.19. The summed E-state index contributed by atoms with van der Waals surface area (Å²) in [7, 11) is 0. The van der Waals surface area contributed by atoms with Gasteiger partial charge in [-0.3, -0.25) is 9.69 Å². The lowest BCUT2D eigenvalue weighted by molar-refractivity contribution is -0.138. The van der Waals surface area contributed by atoms with Crippen LogP contribution in [0.15, 0.2) is 0 Å². The maximum atomic E-state index is 10.5. The number of aliphatic hydroxyl groups is 1. The van der Waals surface area contributed by atoms with E-state index in [9.17, 15) is 4.79 Å². The van der Waals surface area contributed by atoms with E-state index < -0.39 is 5.97 Å². The predicted molar refractivity (Wildman–Crippen MR) is 48.6 cm³/mol. The van der Waals surface area contributed by atoms with Gasteiger partial charge >= 0.3 is 5.97 Å². The van der Waals surface area contributed by atoms with Crippen molar-refractivity contribution in [3.05, 3.63) is 0 Å². The lowest BCUT2D eigenvalue weighted by Gasteiger charge is -2.22. The molecule has 0 saturated carbocycles. The number of aliphatic carboxylic acids is 1. The smallest absolute Gasteiger partial charge is 0.304 e. The molecule has 0 spiro atoms. The van der Waals surface area contributed by atoms with E-state index in [1.807, 2.05) is 0 Å². The minimum absolute atomic E-state index is 0.191. The number of aliphatic hydroxyl groups excluding tert-OH is 1. The number of carboxylic acids is 1. The van der Waals surface area contributed by atoms with Crippen molar-refractivity contribution in [1.82, 2.24) is 4.90 Å². The van der Waals surface area contributed by atoms with Crippen LogP contribution in [0.5, 0.6) is 0 Å². The average Bonchev–Trinajstić information content (AvgIpc) is 2.48. The van der Waals surface area contributed by atoms with Gasteiger partial charge in [0.2, 0.25) is 0 Å². The zero-order chi connectivity index (χ0) is 9.68. The Labute approximate surface area is 78.2 Å². The Morgan fingerprint density at radius 2 is 2.31 bits per heavy atom. The normalized spacial score (nSPS) is 23.6.